The second-order valence-corrected chi connectivity index (χ2v) is 3.80. The molecule has 1 unspecified atom stereocenters. The Morgan fingerprint density at radius 1 is 1.60 bits per heavy atom. The van der Waals surface area contributed by atoms with Crippen molar-refractivity contribution in [1.29, 1.82) is 0 Å². The predicted octanol–water partition coefficient (Wildman–Crippen LogP) is 3.10. The van der Waals surface area contributed by atoms with Crippen LogP contribution in [0.25, 0.3) is 0 Å². The van der Waals surface area contributed by atoms with Crippen molar-refractivity contribution in [2.24, 2.45) is 4.99 Å². The Bertz CT molecular complexity index is 379. The number of nitrogens with zero attached hydrogens (tertiary/aromatic N) is 1. The number of hydrogen-bond donors (Lipinski definition) is 0. The zero-order chi connectivity index (χ0) is 11.7. The minimum atomic E-state index is -4.50. The Balaban J connectivity index is 3.10. The van der Waals surface area contributed by atoms with Crippen LogP contribution >= 0.6 is 11.6 Å². The molecule has 0 fully saturated rings. The number of halogens is 4. The number of hydrogen-bond acceptors (Lipinski definition) is 2. The fraction of sp³-hybridized carbons (Fsp3) is 0.444. The molecular formula is C9H7ClF3NO. The van der Waals surface area contributed by atoms with Gasteiger partial charge in [0, 0.05) is 11.5 Å². The average Bonchev–Trinajstić information content (AvgIpc) is 2.08. The molecule has 0 aliphatic heterocycles. The summed E-state index contributed by atoms with van der Waals surface area (Å²) in [7, 11) is 0. The van der Waals surface area contributed by atoms with Crippen LogP contribution in [0.15, 0.2) is 27.7 Å². The standard InChI is InChI=1S/C9H7ClF3NO/c1-8(14-5-15)3-2-7(10)6(4-8)9(11,12)13/h2-3H,4H2,1H3. The molecule has 0 N–H and O–H groups in total. The van der Waals surface area contributed by atoms with E-state index in [0.29, 0.717) is 0 Å². The third-order valence-electron chi connectivity index (χ3n) is 2.05. The Labute approximate surface area is 89.1 Å². The van der Waals surface area contributed by atoms with Gasteiger partial charge in [-0.2, -0.15) is 18.2 Å². The van der Waals surface area contributed by atoms with E-state index < -0.39 is 23.7 Å². The zero-order valence-corrected chi connectivity index (χ0v) is 8.49. The molecule has 0 saturated carbocycles. The molecule has 2 nitrogen and oxygen atoms in total. The highest BCUT2D eigenvalue weighted by Crippen LogP contribution is 2.40. The maximum Gasteiger partial charge on any atom is 0.414 e. The van der Waals surface area contributed by atoms with Crippen molar-refractivity contribution < 1.29 is 18.0 Å². The molecule has 0 bridgehead atoms. The molecule has 0 amide bonds. The van der Waals surface area contributed by atoms with Crippen LogP contribution in [0, 0.1) is 0 Å². The zero-order valence-electron chi connectivity index (χ0n) is 7.73. The first-order valence-corrected chi connectivity index (χ1v) is 4.40. The number of rotatable bonds is 1. The van der Waals surface area contributed by atoms with Crippen LogP contribution in [0.4, 0.5) is 13.2 Å². The molecule has 0 aromatic carbocycles. The van der Waals surface area contributed by atoms with Gasteiger partial charge >= 0.3 is 6.18 Å². The number of allylic oxidation sites excluding steroid dienone is 2. The quantitative estimate of drug-likeness (QED) is 0.509. The number of alkyl halides is 3. The van der Waals surface area contributed by atoms with Gasteiger partial charge in [-0.15, -0.1) is 0 Å². The van der Waals surface area contributed by atoms with E-state index in [4.69, 9.17) is 11.6 Å². The highest BCUT2D eigenvalue weighted by molar-refractivity contribution is 6.31. The van der Waals surface area contributed by atoms with E-state index in [1.54, 1.807) is 0 Å². The van der Waals surface area contributed by atoms with Gasteiger partial charge in [-0.05, 0) is 13.0 Å². The van der Waals surface area contributed by atoms with Gasteiger partial charge in [-0.3, -0.25) is 0 Å². The highest BCUT2D eigenvalue weighted by Gasteiger charge is 2.41. The minimum absolute atomic E-state index is 0.360. The normalized spacial score (nSPS) is 26.5. The fourth-order valence-electron chi connectivity index (χ4n) is 1.27. The smallest absolute Gasteiger partial charge is 0.211 e. The van der Waals surface area contributed by atoms with Crippen LogP contribution in [0.1, 0.15) is 13.3 Å². The molecule has 6 heteroatoms. The molecule has 82 valence electrons. The van der Waals surface area contributed by atoms with Crippen molar-refractivity contribution in [2.75, 3.05) is 0 Å². The lowest BCUT2D eigenvalue weighted by Crippen LogP contribution is -2.28. The van der Waals surface area contributed by atoms with Crippen molar-refractivity contribution in [3.63, 3.8) is 0 Å². The number of aliphatic imine (C=N–C) groups is 1. The maximum atomic E-state index is 12.5. The van der Waals surface area contributed by atoms with E-state index in [-0.39, 0.29) is 5.03 Å². The molecule has 1 aliphatic carbocycles. The van der Waals surface area contributed by atoms with Gasteiger partial charge in [0.15, 0.2) is 0 Å². The van der Waals surface area contributed by atoms with Gasteiger partial charge in [0.1, 0.15) is 0 Å². The molecule has 1 rings (SSSR count). The Kier molecular flexibility index (Phi) is 3.07. The minimum Gasteiger partial charge on any atom is -0.211 e. The van der Waals surface area contributed by atoms with E-state index in [1.165, 1.54) is 19.1 Å². The molecule has 1 aliphatic rings. The Hall–Kier alpha value is -1.06. The summed E-state index contributed by atoms with van der Waals surface area (Å²) in [6.07, 6.45) is -1.22. The molecule has 1 atom stereocenters. The summed E-state index contributed by atoms with van der Waals surface area (Å²) < 4.78 is 37.4. The second kappa shape index (κ2) is 3.83. The van der Waals surface area contributed by atoms with Crippen molar-refractivity contribution >= 4 is 17.7 Å². The van der Waals surface area contributed by atoms with Crippen LogP contribution in [0.3, 0.4) is 0 Å². The SMILES string of the molecule is CC1(N=C=O)C=CC(Cl)=C(C(F)(F)F)C1. The van der Waals surface area contributed by atoms with Crippen molar-refractivity contribution in [3.05, 3.63) is 22.8 Å². The third kappa shape index (κ3) is 2.70. The number of isocyanates is 1. The van der Waals surface area contributed by atoms with Gasteiger partial charge in [-0.1, -0.05) is 17.7 Å². The predicted molar refractivity (Wildman–Crippen MR) is 49.2 cm³/mol. The first kappa shape index (κ1) is 12.0. The summed E-state index contributed by atoms with van der Waals surface area (Å²) >= 11 is 5.43. The largest absolute Gasteiger partial charge is 0.414 e. The maximum absolute atomic E-state index is 12.5. The van der Waals surface area contributed by atoms with E-state index in [0.717, 1.165) is 6.08 Å². The molecule has 0 radical (unpaired) electrons. The molecule has 0 saturated heterocycles. The Morgan fingerprint density at radius 2 is 2.20 bits per heavy atom. The van der Waals surface area contributed by atoms with E-state index in [9.17, 15) is 18.0 Å². The Morgan fingerprint density at radius 3 is 2.67 bits per heavy atom. The molecule has 0 aromatic rings. The third-order valence-corrected chi connectivity index (χ3v) is 2.41. The van der Waals surface area contributed by atoms with Crippen LogP contribution in [0.2, 0.25) is 0 Å². The van der Waals surface area contributed by atoms with Crippen LogP contribution in [-0.2, 0) is 4.79 Å². The van der Waals surface area contributed by atoms with E-state index in [2.05, 4.69) is 4.99 Å². The first-order chi connectivity index (χ1) is 6.78. The fourth-order valence-corrected chi connectivity index (χ4v) is 1.51. The summed E-state index contributed by atoms with van der Waals surface area (Å²) in [4.78, 5) is 13.4. The summed E-state index contributed by atoms with van der Waals surface area (Å²) in [6.45, 7) is 1.41. The molecule has 0 spiro atoms. The van der Waals surface area contributed by atoms with Crippen molar-refractivity contribution in [1.82, 2.24) is 0 Å². The second-order valence-electron chi connectivity index (χ2n) is 3.39. The molecule has 0 heterocycles. The van der Waals surface area contributed by atoms with Crippen molar-refractivity contribution in [2.45, 2.75) is 25.1 Å². The van der Waals surface area contributed by atoms with Gasteiger partial charge in [-0.25, -0.2) is 4.79 Å². The van der Waals surface area contributed by atoms with Crippen LogP contribution in [-0.4, -0.2) is 17.8 Å². The van der Waals surface area contributed by atoms with Gasteiger partial charge < -0.3 is 0 Å². The van der Waals surface area contributed by atoms with Gasteiger partial charge in [0.05, 0.1) is 11.1 Å². The van der Waals surface area contributed by atoms with Crippen LogP contribution < -0.4 is 0 Å². The molecular weight excluding hydrogens is 231 g/mol. The summed E-state index contributed by atoms with van der Waals surface area (Å²) in [6, 6.07) is 0. The first-order valence-electron chi connectivity index (χ1n) is 4.03. The topological polar surface area (TPSA) is 29.4 Å². The van der Waals surface area contributed by atoms with Crippen LogP contribution in [0.5, 0.6) is 0 Å². The van der Waals surface area contributed by atoms with E-state index >= 15 is 0 Å². The van der Waals surface area contributed by atoms with Crippen molar-refractivity contribution in [3.8, 4) is 0 Å². The van der Waals surface area contributed by atoms with Gasteiger partial charge in [0.25, 0.3) is 0 Å². The lowest BCUT2D eigenvalue weighted by atomic mass is 9.88. The molecule has 0 aromatic heterocycles. The molecule has 15 heavy (non-hydrogen) atoms. The highest BCUT2D eigenvalue weighted by atomic mass is 35.5. The lowest BCUT2D eigenvalue weighted by Gasteiger charge is -2.26. The monoisotopic (exact) mass is 237 g/mol. The van der Waals surface area contributed by atoms with E-state index in [1.807, 2.05) is 0 Å². The van der Waals surface area contributed by atoms with Gasteiger partial charge in [0.2, 0.25) is 6.08 Å². The number of carbonyl (C=O) groups excluding carboxylic acids is 1. The summed E-state index contributed by atoms with van der Waals surface area (Å²) in [5.41, 5.74) is -2.07. The average molecular weight is 238 g/mol. The lowest BCUT2D eigenvalue weighted by molar-refractivity contribution is -0.0956. The summed E-state index contributed by atoms with van der Waals surface area (Å²) in [5.74, 6) is 0. The summed E-state index contributed by atoms with van der Waals surface area (Å²) in [5, 5.41) is -0.360.